The lowest BCUT2D eigenvalue weighted by atomic mass is 10.1. The van der Waals surface area contributed by atoms with Crippen LogP contribution in [0.25, 0.3) is 0 Å². The molecule has 84 valence electrons. The number of rotatable bonds is 6. The summed E-state index contributed by atoms with van der Waals surface area (Å²) in [5.41, 5.74) is 0.750. The SMILES string of the molecule is CC(O)CN[C@H](Cc1cnc[nH]1)C(=O)O. The highest BCUT2D eigenvalue weighted by molar-refractivity contribution is 5.73. The van der Waals surface area contributed by atoms with E-state index in [4.69, 9.17) is 10.2 Å². The van der Waals surface area contributed by atoms with Gasteiger partial charge in [-0.25, -0.2) is 4.98 Å². The Balaban J connectivity index is 2.47. The second kappa shape index (κ2) is 5.47. The summed E-state index contributed by atoms with van der Waals surface area (Å²) in [6.45, 7) is 1.85. The number of aliphatic hydroxyl groups is 1. The molecule has 2 atom stereocenters. The predicted octanol–water partition coefficient (Wildman–Crippen LogP) is -0.624. The summed E-state index contributed by atoms with van der Waals surface area (Å²) in [4.78, 5) is 17.5. The van der Waals surface area contributed by atoms with Crippen LogP contribution in [0.3, 0.4) is 0 Å². The third kappa shape index (κ3) is 4.09. The Hall–Kier alpha value is -1.40. The van der Waals surface area contributed by atoms with Crippen molar-refractivity contribution in [3.63, 3.8) is 0 Å². The van der Waals surface area contributed by atoms with Crippen molar-refractivity contribution in [3.05, 3.63) is 18.2 Å². The van der Waals surface area contributed by atoms with Crippen LogP contribution in [0.15, 0.2) is 12.5 Å². The average molecular weight is 213 g/mol. The van der Waals surface area contributed by atoms with Crippen molar-refractivity contribution in [2.24, 2.45) is 0 Å². The van der Waals surface area contributed by atoms with Gasteiger partial charge in [-0.05, 0) is 6.92 Å². The van der Waals surface area contributed by atoms with Gasteiger partial charge in [0.15, 0.2) is 0 Å². The zero-order valence-corrected chi connectivity index (χ0v) is 8.47. The Morgan fingerprint density at radius 1 is 1.73 bits per heavy atom. The number of nitrogens with zero attached hydrogens (tertiary/aromatic N) is 1. The summed E-state index contributed by atoms with van der Waals surface area (Å²) >= 11 is 0. The number of carboxylic acid groups (broad SMARTS) is 1. The van der Waals surface area contributed by atoms with Gasteiger partial charge < -0.3 is 20.5 Å². The molecule has 4 N–H and O–H groups in total. The van der Waals surface area contributed by atoms with Crippen molar-refractivity contribution in [2.75, 3.05) is 6.54 Å². The summed E-state index contributed by atoms with van der Waals surface area (Å²) in [5, 5.41) is 20.7. The van der Waals surface area contributed by atoms with Crippen LogP contribution in [0.1, 0.15) is 12.6 Å². The van der Waals surface area contributed by atoms with Gasteiger partial charge in [-0.1, -0.05) is 0 Å². The molecule has 0 saturated heterocycles. The molecule has 0 radical (unpaired) electrons. The molecule has 6 nitrogen and oxygen atoms in total. The molecule has 1 heterocycles. The average Bonchev–Trinajstić information content (AvgIpc) is 2.63. The molecule has 0 aliphatic carbocycles. The van der Waals surface area contributed by atoms with Crippen LogP contribution < -0.4 is 5.32 Å². The van der Waals surface area contributed by atoms with E-state index in [0.29, 0.717) is 6.42 Å². The number of aliphatic carboxylic acids is 1. The quantitative estimate of drug-likeness (QED) is 0.504. The summed E-state index contributed by atoms with van der Waals surface area (Å²) in [6, 6.07) is -0.708. The Labute approximate surface area is 87.3 Å². The van der Waals surface area contributed by atoms with Crippen LogP contribution in [0.5, 0.6) is 0 Å². The van der Waals surface area contributed by atoms with E-state index in [0.717, 1.165) is 5.69 Å². The highest BCUT2D eigenvalue weighted by Gasteiger charge is 2.18. The van der Waals surface area contributed by atoms with E-state index in [2.05, 4.69) is 15.3 Å². The Morgan fingerprint density at radius 2 is 2.47 bits per heavy atom. The van der Waals surface area contributed by atoms with E-state index in [1.807, 2.05) is 0 Å². The lowest BCUT2D eigenvalue weighted by Crippen LogP contribution is -2.41. The number of hydrogen-bond donors (Lipinski definition) is 4. The van der Waals surface area contributed by atoms with Crippen LogP contribution in [0.4, 0.5) is 0 Å². The molecule has 1 rings (SSSR count). The fourth-order valence-electron chi connectivity index (χ4n) is 1.18. The van der Waals surface area contributed by atoms with Gasteiger partial charge in [0.1, 0.15) is 6.04 Å². The lowest BCUT2D eigenvalue weighted by molar-refractivity contribution is -0.139. The van der Waals surface area contributed by atoms with Crippen LogP contribution in [0.2, 0.25) is 0 Å². The number of carboxylic acids is 1. The largest absolute Gasteiger partial charge is 0.480 e. The van der Waals surface area contributed by atoms with Gasteiger partial charge in [0.05, 0.1) is 12.4 Å². The standard InChI is InChI=1S/C9H15N3O3/c1-6(13)3-11-8(9(14)15)2-7-4-10-5-12-7/h4-6,8,11,13H,2-3H2,1H3,(H,10,12)(H,14,15)/t6?,8-/m1/s1. The molecule has 0 saturated carbocycles. The first kappa shape index (κ1) is 11.7. The Morgan fingerprint density at radius 3 is 2.93 bits per heavy atom. The first-order valence-corrected chi connectivity index (χ1v) is 4.71. The number of aromatic amines is 1. The molecule has 1 unspecified atom stereocenters. The first-order chi connectivity index (χ1) is 7.09. The molecule has 0 aromatic carbocycles. The van der Waals surface area contributed by atoms with Gasteiger partial charge in [-0.15, -0.1) is 0 Å². The number of imidazole rings is 1. The van der Waals surface area contributed by atoms with E-state index in [-0.39, 0.29) is 6.54 Å². The van der Waals surface area contributed by atoms with Gasteiger partial charge in [0.2, 0.25) is 0 Å². The third-order valence-corrected chi connectivity index (χ3v) is 1.94. The summed E-state index contributed by atoms with van der Waals surface area (Å²) < 4.78 is 0. The van der Waals surface area contributed by atoms with E-state index >= 15 is 0 Å². The zero-order valence-electron chi connectivity index (χ0n) is 8.47. The monoisotopic (exact) mass is 213 g/mol. The molecule has 0 bridgehead atoms. The lowest BCUT2D eigenvalue weighted by Gasteiger charge is -2.14. The second-order valence-corrected chi connectivity index (χ2v) is 3.43. The minimum absolute atomic E-state index is 0.255. The number of aromatic nitrogens is 2. The molecule has 15 heavy (non-hydrogen) atoms. The molecule has 0 aliphatic rings. The molecule has 0 aliphatic heterocycles. The number of aliphatic hydroxyl groups excluding tert-OH is 1. The molecule has 1 aromatic heterocycles. The zero-order chi connectivity index (χ0) is 11.3. The smallest absolute Gasteiger partial charge is 0.321 e. The van der Waals surface area contributed by atoms with Crippen molar-refractivity contribution in [3.8, 4) is 0 Å². The summed E-state index contributed by atoms with van der Waals surface area (Å²) in [6.07, 6.45) is 2.85. The van der Waals surface area contributed by atoms with Gasteiger partial charge >= 0.3 is 5.97 Å². The van der Waals surface area contributed by atoms with Gasteiger partial charge in [0, 0.05) is 24.9 Å². The summed E-state index contributed by atoms with van der Waals surface area (Å²) in [5.74, 6) is -0.940. The van der Waals surface area contributed by atoms with Gasteiger partial charge in [-0.3, -0.25) is 4.79 Å². The van der Waals surface area contributed by atoms with Crippen LogP contribution >= 0.6 is 0 Å². The second-order valence-electron chi connectivity index (χ2n) is 3.43. The van der Waals surface area contributed by atoms with E-state index < -0.39 is 18.1 Å². The molecule has 6 heteroatoms. The van der Waals surface area contributed by atoms with Gasteiger partial charge in [-0.2, -0.15) is 0 Å². The van der Waals surface area contributed by atoms with Crippen LogP contribution in [-0.2, 0) is 11.2 Å². The highest BCUT2D eigenvalue weighted by Crippen LogP contribution is 1.98. The van der Waals surface area contributed by atoms with Crippen molar-refractivity contribution < 1.29 is 15.0 Å². The van der Waals surface area contributed by atoms with Crippen LogP contribution in [0, 0.1) is 0 Å². The Kier molecular flexibility index (Phi) is 4.26. The fourth-order valence-corrected chi connectivity index (χ4v) is 1.18. The molecule has 0 amide bonds. The predicted molar refractivity (Wildman–Crippen MR) is 53.4 cm³/mol. The molecule has 0 fully saturated rings. The van der Waals surface area contributed by atoms with Crippen molar-refractivity contribution >= 4 is 5.97 Å². The van der Waals surface area contributed by atoms with Crippen molar-refractivity contribution in [2.45, 2.75) is 25.5 Å². The fraction of sp³-hybridized carbons (Fsp3) is 0.556. The number of hydrogen-bond acceptors (Lipinski definition) is 4. The molecular weight excluding hydrogens is 198 g/mol. The Bertz CT molecular complexity index is 298. The number of H-pyrrole nitrogens is 1. The number of carbonyl (C=O) groups is 1. The minimum Gasteiger partial charge on any atom is -0.480 e. The highest BCUT2D eigenvalue weighted by atomic mass is 16.4. The topological polar surface area (TPSA) is 98.2 Å². The maximum atomic E-state index is 10.9. The van der Waals surface area contributed by atoms with E-state index in [1.54, 1.807) is 13.1 Å². The maximum absolute atomic E-state index is 10.9. The third-order valence-electron chi connectivity index (χ3n) is 1.94. The minimum atomic E-state index is -0.940. The maximum Gasteiger partial charge on any atom is 0.321 e. The summed E-state index contributed by atoms with van der Waals surface area (Å²) in [7, 11) is 0. The van der Waals surface area contributed by atoms with Crippen LogP contribution in [-0.4, -0.2) is 44.8 Å². The van der Waals surface area contributed by atoms with Crippen molar-refractivity contribution in [1.82, 2.24) is 15.3 Å². The molecular formula is C9H15N3O3. The van der Waals surface area contributed by atoms with E-state index in [9.17, 15) is 4.79 Å². The van der Waals surface area contributed by atoms with E-state index in [1.165, 1.54) is 6.33 Å². The molecule has 1 aromatic rings. The number of nitrogens with one attached hydrogen (secondary N) is 2. The first-order valence-electron chi connectivity index (χ1n) is 4.71. The van der Waals surface area contributed by atoms with Crippen molar-refractivity contribution in [1.29, 1.82) is 0 Å². The van der Waals surface area contributed by atoms with Gasteiger partial charge in [0.25, 0.3) is 0 Å². The molecule has 0 spiro atoms. The normalized spacial score (nSPS) is 14.8.